The summed E-state index contributed by atoms with van der Waals surface area (Å²) >= 11 is 0. The second kappa shape index (κ2) is 9.34. The molecule has 0 radical (unpaired) electrons. The van der Waals surface area contributed by atoms with Gasteiger partial charge in [0.25, 0.3) is 0 Å². The number of aromatic carboxylic acids is 1. The smallest absolute Gasteiger partial charge is 0.339 e. The van der Waals surface area contributed by atoms with Gasteiger partial charge in [0, 0.05) is 0 Å². The Morgan fingerprint density at radius 2 is 1.80 bits per heavy atom. The van der Waals surface area contributed by atoms with Crippen LogP contribution in [-0.2, 0) is 0 Å². The van der Waals surface area contributed by atoms with Crippen LogP contribution in [0.25, 0.3) is 0 Å². The minimum Gasteiger partial charge on any atom is -0.490 e. The number of carbonyl (C=O) groups is 1. The van der Waals surface area contributed by atoms with Crippen molar-refractivity contribution in [3.8, 4) is 5.75 Å². The van der Waals surface area contributed by atoms with Crippen molar-refractivity contribution in [1.29, 1.82) is 0 Å². The van der Waals surface area contributed by atoms with Gasteiger partial charge in [0.05, 0.1) is 6.61 Å². The van der Waals surface area contributed by atoms with Crippen molar-refractivity contribution in [1.82, 2.24) is 0 Å². The minimum absolute atomic E-state index is 0.118. The zero-order valence-corrected chi connectivity index (χ0v) is 12.0. The average molecular weight is 282 g/mol. The lowest BCUT2D eigenvalue weighted by molar-refractivity contribution is 0.0691. The Hall–Kier alpha value is -1.58. The quantitative estimate of drug-likeness (QED) is 0.635. The average Bonchev–Trinajstić information content (AvgIpc) is 2.43. The van der Waals surface area contributed by atoms with Gasteiger partial charge in [0.15, 0.2) is 11.6 Å². The molecule has 0 atom stereocenters. The molecule has 1 aromatic carbocycles. The van der Waals surface area contributed by atoms with Crippen LogP contribution in [0.5, 0.6) is 5.75 Å². The van der Waals surface area contributed by atoms with Crippen LogP contribution in [-0.4, -0.2) is 17.7 Å². The monoisotopic (exact) mass is 282 g/mol. The van der Waals surface area contributed by atoms with Crippen LogP contribution in [0.1, 0.15) is 62.2 Å². The Morgan fingerprint density at radius 3 is 2.45 bits per heavy atom. The number of rotatable bonds is 10. The largest absolute Gasteiger partial charge is 0.490 e. The number of carboxylic acids is 1. The predicted octanol–water partition coefficient (Wildman–Crippen LogP) is 4.65. The van der Waals surface area contributed by atoms with Gasteiger partial charge in [-0.15, -0.1) is 0 Å². The fraction of sp³-hybridized carbons (Fsp3) is 0.562. The van der Waals surface area contributed by atoms with Crippen LogP contribution in [0.3, 0.4) is 0 Å². The van der Waals surface area contributed by atoms with E-state index in [2.05, 4.69) is 6.92 Å². The number of ether oxygens (including phenoxy) is 1. The maximum absolute atomic E-state index is 13.5. The summed E-state index contributed by atoms with van der Waals surface area (Å²) in [6, 6.07) is 3.94. The first-order valence-electron chi connectivity index (χ1n) is 7.31. The van der Waals surface area contributed by atoms with E-state index in [1.807, 2.05) is 0 Å². The number of hydrogen-bond acceptors (Lipinski definition) is 2. The molecule has 0 unspecified atom stereocenters. The van der Waals surface area contributed by atoms with Crippen molar-refractivity contribution in [2.45, 2.75) is 51.9 Å². The summed E-state index contributed by atoms with van der Waals surface area (Å²) in [6.07, 6.45) is 7.97. The fourth-order valence-corrected chi connectivity index (χ4v) is 2.06. The Kier molecular flexibility index (Phi) is 7.70. The molecule has 1 rings (SSSR count). The molecule has 4 heteroatoms. The number of halogens is 1. The maximum Gasteiger partial charge on any atom is 0.339 e. The van der Waals surface area contributed by atoms with Gasteiger partial charge in [0.2, 0.25) is 0 Å². The van der Waals surface area contributed by atoms with E-state index in [4.69, 9.17) is 9.84 Å². The molecule has 1 N–H and O–H groups in total. The van der Waals surface area contributed by atoms with Crippen molar-refractivity contribution in [2.75, 3.05) is 6.61 Å². The van der Waals surface area contributed by atoms with E-state index in [0.29, 0.717) is 6.61 Å². The van der Waals surface area contributed by atoms with Gasteiger partial charge in [0.1, 0.15) is 5.56 Å². The summed E-state index contributed by atoms with van der Waals surface area (Å²) in [6.45, 7) is 2.54. The van der Waals surface area contributed by atoms with Crippen LogP contribution in [0.4, 0.5) is 4.39 Å². The van der Waals surface area contributed by atoms with Crippen LogP contribution in [0.2, 0.25) is 0 Å². The molecule has 0 saturated carbocycles. The zero-order valence-electron chi connectivity index (χ0n) is 12.0. The fourth-order valence-electron chi connectivity index (χ4n) is 2.06. The highest BCUT2D eigenvalue weighted by Crippen LogP contribution is 2.23. The van der Waals surface area contributed by atoms with E-state index < -0.39 is 11.8 Å². The lowest BCUT2D eigenvalue weighted by Gasteiger charge is -2.09. The molecule has 0 aliphatic rings. The number of hydrogen-bond donors (Lipinski definition) is 1. The van der Waals surface area contributed by atoms with Gasteiger partial charge in [-0.05, 0) is 18.6 Å². The van der Waals surface area contributed by atoms with E-state index >= 15 is 0 Å². The zero-order chi connectivity index (χ0) is 14.8. The number of benzene rings is 1. The molecular weight excluding hydrogens is 259 g/mol. The Morgan fingerprint density at radius 1 is 1.15 bits per heavy atom. The number of carboxylic acid groups (broad SMARTS) is 1. The Bertz CT molecular complexity index is 418. The highest BCUT2D eigenvalue weighted by atomic mass is 19.1. The summed E-state index contributed by atoms with van der Waals surface area (Å²) in [5.74, 6) is -1.93. The van der Waals surface area contributed by atoms with E-state index in [1.165, 1.54) is 43.9 Å². The predicted molar refractivity (Wildman–Crippen MR) is 76.8 cm³/mol. The van der Waals surface area contributed by atoms with Crippen molar-refractivity contribution in [3.63, 3.8) is 0 Å². The molecule has 0 amide bonds. The van der Waals surface area contributed by atoms with Crippen molar-refractivity contribution >= 4 is 5.97 Å². The molecule has 0 heterocycles. The topological polar surface area (TPSA) is 46.5 Å². The Labute approximate surface area is 119 Å². The highest BCUT2D eigenvalue weighted by Gasteiger charge is 2.15. The van der Waals surface area contributed by atoms with E-state index in [9.17, 15) is 9.18 Å². The molecule has 0 saturated heterocycles. The third kappa shape index (κ3) is 5.59. The third-order valence-corrected chi connectivity index (χ3v) is 3.19. The summed E-state index contributed by atoms with van der Waals surface area (Å²) in [4.78, 5) is 11.0. The van der Waals surface area contributed by atoms with Gasteiger partial charge >= 0.3 is 5.97 Å². The summed E-state index contributed by atoms with van der Waals surface area (Å²) in [5, 5.41) is 8.97. The molecule has 0 bridgehead atoms. The molecule has 112 valence electrons. The summed E-state index contributed by atoms with van der Waals surface area (Å²) in [5.41, 5.74) is -0.118. The van der Waals surface area contributed by atoms with Crippen LogP contribution >= 0.6 is 0 Å². The summed E-state index contributed by atoms with van der Waals surface area (Å²) < 4.78 is 18.8. The molecule has 0 fully saturated rings. The molecule has 20 heavy (non-hydrogen) atoms. The van der Waals surface area contributed by atoms with Gasteiger partial charge in [-0.3, -0.25) is 0 Å². The van der Waals surface area contributed by atoms with Gasteiger partial charge in [-0.1, -0.05) is 51.5 Å². The first-order valence-corrected chi connectivity index (χ1v) is 7.31. The van der Waals surface area contributed by atoms with E-state index in [-0.39, 0.29) is 11.3 Å². The molecule has 0 spiro atoms. The maximum atomic E-state index is 13.5. The number of para-hydroxylation sites is 1. The Balaban J connectivity index is 2.30. The molecule has 0 aliphatic carbocycles. The standard InChI is InChI=1S/C16H23FO3/c1-2-3-4-5-6-7-8-12-20-15-13(16(18)19)10-9-11-14(15)17/h9-11H,2-8,12H2,1H3,(H,18,19). The van der Waals surface area contributed by atoms with E-state index in [0.717, 1.165) is 19.3 Å². The molecule has 1 aromatic rings. The normalized spacial score (nSPS) is 10.5. The second-order valence-electron chi connectivity index (χ2n) is 4.89. The molecule has 0 aliphatic heterocycles. The highest BCUT2D eigenvalue weighted by molar-refractivity contribution is 5.90. The third-order valence-electron chi connectivity index (χ3n) is 3.19. The van der Waals surface area contributed by atoms with Crippen LogP contribution < -0.4 is 4.74 Å². The van der Waals surface area contributed by atoms with Crippen molar-refractivity contribution in [3.05, 3.63) is 29.6 Å². The molecule has 3 nitrogen and oxygen atoms in total. The van der Waals surface area contributed by atoms with Gasteiger partial charge in [-0.25, -0.2) is 9.18 Å². The van der Waals surface area contributed by atoms with Crippen LogP contribution in [0.15, 0.2) is 18.2 Å². The van der Waals surface area contributed by atoms with E-state index in [1.54, 1.807) is 0 Å². The van der Waals surface area contributed by atoms with Crippen molar-refractivity contribution < 1.29 is 19.0 Å². The number of unbranched alkanes of at least 4 members (excludes halogenated alkanes) is 6. The first kappa shape index (κ1) is 16.5. The van der Waals surface area contributed by atoms with Gasteiger partial charge < -0.3 is 9.84 Å². The van der Waals surface area contributed by atoms with Crippen molar-refractivity contribution in [2.24, 2.45) is 0 Å². The molecular formula is C16H23FO3. The molecule has 0 aromatic heterocycles. The first-order chi connectivity index (χ1) is 9.66. The summed E-state index contributed by atoms with van der Waals surface area (Å²) in [7, 11) is 0. The SMILES string of the molecule is CCCCCCCCCOc1c(F)cccc1C(=O)O. The second-order valence-corrected chi connectivity index (χ2v) is 4.89. The minimum atomic E-state index is -1.17. The lowest BCUT2D eigenvalue weighted by Crippen LogP contribution is -2.06. The lowest BCUT2D eigenvalue weighted by atomic mass is 10.1. The van der Waals surface area contributed by atoms with Crippen LogP contribution in [0, 0.1) is 5.82 Å². The van der Waals surface area contributed by atoms with Gasteiger partial charge in [-0.2, -0.15) is 0 Å².